The molecule has 7 heteroatoms. The molecule has 1 saturated heterocycles. The highest BCUT2D eigenvalue weighted by molar-refractivity contribution is 6.09. The first-order chi connectivity index (χ1) is 15.5. The second-order valence-electron chi connectivity index (χ2n) is 7.30. The molecule has 0 bridgehead atoms. The Hall–Kier alpha value is -4.31. The normalized spacial score (nSPS) is 14.6. The molecule has 0 atom stereocenters. The lowest BCUT2D eigenvalue weighted by Gasteiger charge is -2.28. The number of nitrogens with one attached hydrogen (secondary N) is 1. The Bertz CT molecular complexity index is 1150. The van der Waals surface area contributed by atoms with Crippen LogP contribution in [0.15, 0.2) is 72.8 Å². The maximum absolute atomic E-state index is 13.8. The van der Waals surface area contributed by atoms with Gasteiger partial charge in [-0.3, -0.25) is 9.69 Å². The van der Waals surface area contributed by atoms with Gasteiger partial charge in [-0.1, -0.05) is 42.5 Å². The molecule has 0 unspecified atom stereocenters. The van der Waals surface area contributed by atoms with Gasteiger partial charge in [0.15, 0.2) is 5.54 Å². The highest BCUT2D eigenvalue weighted by atomic mass is 16.5. The Kier molecular flexibility index (Phi) is 5.52. The van der Waals surface area contributed by atoms with Gasteiger partial charge in [0.05, 0.1) is 32.4 Å². The molecule has 3 aromatic carbocycles. The summed E-state index contributed by atoms with van der Waals surface area (Å²) in [7, 11) is 3.12. The van der Waals surface area contributed by atoms with Crippen molar-refractivity contribution in [3.05, 3.63) is 95.1 Å². The largest absolute Gasteiger partial charge is 0.497 e. The van der Waals surface area contributed by atoms with Crippen LogP contribution in [0.5, 0.6) is 11.5 Å². The third-order valence-electron chi connectivity index (χ3n) is 5.62. The fraction of sp³-hybridized carbons (Fsp3) is 0.160. The van der Waals surface area contributed by atoms with Gasteiger partial charge in [0.1, 0.15) is 11.5 Å². The molecule has 3 amide bonds. The summed E-state index contributed by atoms with van der Waals surface area (Å²) in [5.41, 5.74) is 0.783. The molecule has 1 aliphatic heterocycles. The number of nitriles is 1. The van der Waals surface area contributed by atoms with Gasteiger partial charge in [-0.15, -0.1) is 0 Å². The van der Waals surface area contributed by atoms with Gasteiger partial charge in [-0.2, -0.15) is 5.26 Å². The van der Waals surface area contributed by atoms with Crippen LogP contribution in [-0.4, -0.2) is 31.1 Å². The summed E-state index contributed by atoms with van der Waals surface area (Å²) in [6.07, 6.45) is 0. The van der Waals surface area contributed by atoms with Crippen molar-refractivity contribution in [3.63, 3.8) is 0 Å². The van der Waals surface area contributed by atoms with E-state index in [-0.39, 0.29) is 6.54 Å². The number of hydrogen-bond donors (Lipinski definition) is 1. The molecule has 0 saturated carbocycles. The van der Waals surface area contributed by atoms with Gasteiger partial charge in [0.25, 0.3) is 5.91 Å². The Morgan fingerprint density at radius 3 is 1.91 bits per heavy atom. The van der Waals surface area contributed by atoms with Crippen LogP contribution in [0.1, 0.15) is 22.3 Å². The maximum atomic E-state index is 13.8. The van der Waals surface area contributed by atoms with Crippen molar-refractivity contribution in [1.82, 2.24) is 10.2 Å². The molecule has 0 aliphatic carbocycles. The minimum atomic E-state index is -1.42. The van der Waals surface area contributed by atoms with E-state index in [1.165, 1.54) is 0 Å². The molecule has 1 fully saturated rings. The first kappa shape index (κ1) is 20.9. The zero-order chi connectivity index (χ0) is 22.7. The van der Waals surface area contributed by atoms with Crippen molar-refractivity contribution in [3.8, 4) is 17.6 Å². The van der Waals surface area contributed by atoms with Crippen LogP contribution in [0.25, 0.3) is 0 Å². The fourth-order valence-corrected chi connectivity index (χ4v) is 3.90. The van der Waals surface area contributed by atoms with Gasteiger partial charge >= 0.3 is 6.03 Å². The van der Waals surface area contributed by atoms with Gasteiger partial charge in [-0.05, 0) is 47.0 Å². The summed E-state index contributed by atoms with van der Waals surface area (Å²) in [6, 6.07) is 22.5. The second kappa shape index (κ2) is 8.44. The van der Waals surface area contributed by atoms with E-state index >= 15 is 0 Å². The molecule has 160 valence electrons. The lowest BCUT2D eigenvalue weighted by atomic mass is 9.82. The Morgan fingerprint density at radius 1 is 0.875 bits per heavy atom. The van der Waals surface area contributed by atoms with Crippen LogP contribution in [0.4, 0.5) is 4.79 Å². The summed E-state index contributed by atoms with van der Waals surface area (Å²) >= 11 is 0. The highest BCUT2D eigenvalue weighted by Gasteiger charge is 2.53. The van der Waals surface area contributed by atoms with Crippen molar-refractivity contribution < 1.29 is 19.1 Å². The lowest BCUT2D eigenvalue weighted by molar-refractivity contribution is -0.130. The molecule has 0 spiro atoms. The molecule has 0 aromatic heterocycles. The van der Waals surface area contributed by atoms with Crippen LogP contribution in [0.3, 0.4) is 0 Å². The molecule has 4 rings (SSSR count). The van der Waals surface area contributed by atoms with Crippen LogP contribution in [0, 0.1) is 11.3 Å². The molecule has 1 aliphatic rings. The number of carbonyl (C=O) groups excluding carboxylic acids is 2. The van der Waals surface area contributed by atoms with Crippen LogP contribution in [0.2, 0.25) is 0 Å². The molecule has 3 aromatic rings. The predicted molar refractivity (Wildman–Crippen MR) is 117 cm³/mol. The lowest BCUT2D eigenvalue weighted by Crippen LogP contribution is -2.45. The van der Waals surface area contributed by atoms with Gasteiger partial charge in [0, 0.05) is 0 Å². The van der Waals surface area contributed by atoms with Crippen molar-refractivity contribution in [2.24, 2.45) is 0 Å². The number of imide groups is 1. The van der Waals surface area contributed by atoms with Crippen LogP contribution in [-0.2, 0) is 16.9 Å². The van der Waals surface area contributed by atoms with Crippen molar-refractivity contribution in [2.45, 2.75) is 12.1 Å². The van der Waals surface area contributed by atoms with Crippen LogP contribution >= 0.6 is 0 Å². The number of amides is 3. The minimum absolute atomic E-state index is 0.0114. The van der Waals surface area contributed by atoms with E-state index in [1.54, 1.807) is 87.0 Å². The van der Waals surface area contributed by atoms with Gasteiger partial charge in [-0.25, -0.2) is 4.79 Å². The Labute approximate surface area is 185 Å². The van der Waals surface area contributed by atoms with Crippen LogP contribution < -0.4 is 14.8 Å². The SMILES string of the molecule is COc1ccc(C2(c3ccc(OC)cc3)NC(=O)N(Cc3ccccc3C#N)C2=O)cc1. The average Bonchev–Trinajstić information content (AvgIpc) is 3.10. The fourth-order valence-electron chi connectivity index (χ4n) is 3.90. The van der Waals surface area contributed by atoms with Crippen molar-refractivity contribution in [1.29, 1.82) is 5.26 Å². The van der Waals surface area contributed by atoms with Gasteiger partial charge in [0.2, 0.25) is 0 Å². The summed E-state index contributed by atoms with van der Waals surface area (Å²) in [5.74, 6) is 0.844. The third-order valence-corrected chi connectivity index (χ3v) is 5.62. The average molecular weight is 427 g/mol. The van der Waals surface area contributed by atoms with E-state index in [9.17, 15) is 14.9 Å². The topological polar surface area (TPSA) is 91.7 Å². The summed E-state index contributed by atoms with van der Waals surface area (Å²) in [5, 5.41) is 12.3. The van der Waals surface area contributed by atoms with E-state index < -0.39 is 17.5 Å². The maximum Gasteiger partial charge on any atom is 0.325 e. The first-order valence-electron chi connectivity index (χ1n) is 9.94. The van der Waals surface area contributed by atoms with Crippen molar-refractivity contribution >= 4 is 11.9 Å². The molecule has 1 heterocycles. The van der Waals surface area contributed by atoms with E-state index in [2.05, 4.69) is 11.4 Å². The standard InChI is InChI=1S/C25H21N3O4/c1-31-21-11-7-19(8-12-21)25(20-9-13-22(32-2)14-10-20)23(29)28(24(30)27-25)16-18-6-4-3-5-17(18)15-26/h3-14H,16H2,1-2H3,(H,27,30). The molecule has 0 radical (unpaired) electrons. The van der Waals surface area contributed by atoms with E-state index in [4.69, 9.17) is 9.47 Å². The summed E-state index contributed by atoms with van der Waals surface area (Å²) in [4.78, 5) is 28.1. The number of hydrogen-bond acceptors (Lipinski definition) is 5. The van der Waals surface area contributed by atoms with Crippen molar-refractivity contribution in [2.75, 3.05) is 14.2 Å². The molecular weight excluding hydrogens is 406 g/mol. The number of methoxy groups -OCH3 is 2. The molecule has 32 heavy (non-hydrogen) atoms. The van der Waals surface area contributed by atoms with E-state index in [0.717, 1.165) is 4.90 Å². The monoisotopic (exact) mass is 427 g/mol. The number of carbonyl (C=O) groups is 2. The Morgan fingerprint density at radius 2 is 1.41 bits per heavy atom. The summed E-state index contributed by atoms with van der Waals surface area (Å²) < 4.78 is 10.5. The Balaban J connectivity index is 1.81. The van der Waals surface area contributed by atoms with E-state index in [0.29, 0.717) is 33.8 Å². The third kappa shape index (κ3) is 3.42. The van der Waals surface area contributed by atoms with E-state index in [1.807, 2.05) is 0 Å². The quantitative estimate of drug-likeness (QED) is 0.607. The smallest absolute Gasteiger partial charge is 0.325 e. The number of urea groups is 1. The number of nitrogens with zero attached hydrogens (tertiary/aromatic N) is 2. The molecule has 1 N–H and O–H groups in total. The molecule has 7 nitrogen and oxygen atoms in total. The second-order valence-corrected chi connectivity index (χ2v) is 7.30. The number of ether oxygens (including phenoxy) is 2. The zero-order valence-corrected chi connectivity index (χ0v) is 17.7. The van der Waals surface area contributed by atoms with Gasteiger partial charge < -0.3 is 14.8 Å². The predicted octanol–water partition coefficient (Wildman–Crippen LogP) is 3.57. The zero-order valence-electron chi connectivity index (χ0n) is 17.7. The highest BCUT2D eigenvalue weighted by Crippen LogP contribution is 2.38. The molecular formula is C25H21N3O4. The minimum Gasteiger partial charge on any atom is -0.497 e. The number of rotatable bonds is 6. The number of benzene rings is 3. The summed E-state index contributed by atoms with van der Waals surface area (Å²) in [6.45, 7) is -0.0114. The first-order valence-corrected chi connectivity index (χ1v) is 9.94.